The van der Waals surface area contributed by atoms with Crippen molar-refractivity contribution in [2.24, 2.45) is 0 Å². The van der Waals surface area contributed by atoms with Crippen LogP contribution in [0.2, 0.25) is 0 Å². The molecule has 0 bridgehead atoms. The monoisotopic (exact) mass is 310 g/mol. The Kier molecular flexibility index (Phi) is 4.35. The highest BCUT2D eigenvalue weighted by Crippen LogP contribution is 2.34. The Morgan fingerprint density at radius 2 is 1.96 bits per heavy atom. The Morgan fingerprint density at radius 1 is 1.17 bits per heavy atom. The van der Waals surface area contributed by atoms with E-state index in [-0.39, 0.29) is 12.1 Å². The summed E-state index contributed by atoms with van der Waals surface area (Å²) < 4.78 is 5.19. The average molecular weight is 310 g/mol. The lowest BCUT2D eigenvalue weighted by Gasteiger charge is -2.38. The number of hydrogen-bond donors (Lipinski definition) is 1. The van der Waals surface area contributed by atoms with Crippen molar-refractivity contribution in [2.75, 3.05) is 25.6 Å². The van der Waals surface area contributed by atoms with Gasteiger partial charge in [0.1, 0.15) is 6.17 Å². The van der Waals surface area contributed by atoms with Gasteiger partial charge in [0.05, 0.1) is 12.2 Å². The number of rotatable bonds is 4. The van der Waals surface area contributed by atoms with Crippen LogP contribution >= 0.6 is 0 Å². The Morgan fingerprint density at radius 3 is 2.70 bits per heavy atom. The predicted octanol–water partition coefficient (Wildman–Crippen LogP) is 3.52. The standard InChI is InChI=1S/C19H22N2O2/c1-13-8-9-15(14(2)12-13)18-20-17-7-5-4-6-16(17)19(22)21(18)10-11-23-3/h4-9,12,18,20H,10-11H2,1-3H3/t18-/m1/s1. The number of nitrogens with zero attached hydrogens (tertiary/aromatic N) is 1. The molecule has 1 heterocycles. The third-order valence-corrected chi connectivity index (χ3v) is 4.28. The van der Waals surface area contributed by atoms with E-state index in [1.165, 1.54) is 11.1 Å². The SMILES string of the molecule is COCCN1C(=O)c2ccccc2N[C@H]1c1ccc(C)cc1C. The average Bonchev–Trinajstić information content (AvgIpc) is 2.54. The number of aryl methyl sites for hydroxylation is 2. The molecule has 3 rings (SSSR count). The van der Waals surface area contributed by atoms with Crippen LogP contribution in [0.25, 0.3) is 0 Å². The molecule has 0 fully saturated rings. The van der Waals surface area contributed by atoms with E-state index in [2.05, 4.69) is 37.4 Å². The van der Waals surface area contributed by atoms with Gasteiger partial charge in [0, 0.05) is 19.3 Å². The Bertz CT molecular complexity index is 727. The van der Waals surface area contributed by atoms with Crippen LogP contribution in [-0.4, -0.2) is 31.1 Å². The summed E-state index contributed by atoms with van der Waals surface area (Å²) in [5.74, 6) is 0.0429. The summed E-state index contributed by atoms with van der Waals surface area (Å²) in [4.78, 5) is 14.8. The third-order valence-electron chi connectivity index (χ3n) is 4.28. The van der Waals surface area contributed by atoms with Crippen LogP contribution in [-0.2, 0) is 4.74 Å². The normalized spacial score (nSPS) is 16.9. The van der Waals surface area contributed by atoms with Gasteiger partial charge in [-0.05, 0) is 37.1 Å². The van der Waals surface area contributed by atoms with E-state index >= 15 is 0 Å². The van der Waals surface area contributed by atoms with E-state index in [4.69, 9.17) is 4.74 Å². The maximum atomic E-state index is 12.9. The first-order valence-electron chi connectivity index (χ1n) is 7.84. The molecule has 0 aromatic heterocycles. The van der Waals surface area contributed by atoms with Gasteiger partial charge in [0.25, 0.3) is 5.91 Å². The molecule has 0 saturated carbocycles. The summed E-state index contributed by atoms with van der Waals surface area (Å²) in [5.41, 5.74) is 5.12. The maximum Gasteiger partial charge on any atom is 0.257 e. The molecular formula is C19H22N2O2. The van der Waals surface area contributed by atoms with E-state index in [1.807, 2.05) is 29.2 Å². The van der Waals surface area contributed by atoms with Gasteiger partial charge in [-0.1, -0.05) is 35.9 Å². The topological polar surface area (TPSA) is 41.6 Å². The number of nitrogens with one attached hydrogen (secondary N) is 1. The van der Waals surface area contributed by atoms with Crippen molar-refractivity contribution >= 4 is 11.6 Å². The molecule has 1 amide bonds. The zero-order valence-corrected chi connectivity index (χ0v) is 13.8. The van der Waals surface area contributed by atoms with Crippen molar-refractivity contribution < 1.29 is 9.53 Å². The molecule has 4 heteroatoms. The fraction of sp³-hybridized carbons (Fsp3) is 0.316. The van der Waals surface area contributed by atoms with Crippen molar-refractivity contribution in [1.29, 1.82) is 0 Å². The highest BCUT2D eigenvalue weighted by atomic mass is 16.5. The minimum Gasteiger partial charge on any atom is -0.383 e. The first-order chi connectivity index (χ1) is 11.1. The number of ether oxygens (including phenoxy) is 1. The fourth-order valence-corrected chi connectivity index (χ4v) is 3.09. The fourth-order valence-electron chi connectivity index (χ4n) is 3.09. The van der Waals surface area contributed by atoms with Gasteiger partial charge >= 0.3 is 0 Å². The van der Waals surface area contributed by atoms with Crippen molar-refractivity contribution in [3.63, 3.8) is 0 Å². The Hall–Kier alpha value is -2.33. The highest BCUT2D eigenvalue weighted by Gasteiger charge is 2.33. The molecule has 0 saturated heterocycles. The number of para-hydroxylation sites is 1. The molecule has 1 atom stereocenters. The Labute approximate surface area is 137 Å². The molecule has 1 N–H and O–H groups in total. The molecule has 0 aliphatic carbocycles. The van der Waals surface area contributed by atoms with Crippen LogP contribution in [0.1, 0.15) is 33.2 Å². The predicted molar refractivity (Wildman–Crippen MR) is 91.6 cm³/mol. The van der Waals surface area contributed by atoms with Crippen LogP contribution in [0.3, 0.4) is 0 Å². The second kappa shape index (κ2) is 6.42. The summed E-state index contributed by atoms with van der Waals surface area (Å²) in [6, 6.07) is 14.0. The minimum atomic E-state index is -0.173. The number of hydrogen-bond acceptors (Lipinski definition) is 3. The van der Waals surface area contributed by atoms with Gasteiger partial charge in [0.2, 0.25) is 0 Å². The van der Waals surface area contributed by atoms with Gasteiger partial charge < -0.3 is 15.0 Å². The summed E-state index contributed by atoms with van der Waals surface area (Å²) in [6.45, 7) is 5.23. The van der Waals surface area contributed by atoms with E-state index in [9.17, 15) is 4.79 Å². The summed E-state index contributed by atoms with van der Waals surface area (Å²) >= 11 is 0. The number of carbonyl (C=O) groups excluding carboxylic acids is 1. The summed E-state index contributed by atoms with van der Waals surface area (Å²) in [7, 11) is 1.65. The van der Waals surface area contributed by atoms with Gasteiger partial charge in [-0.3, -0.25) is 4.79 Å². The number of fused-ring (bicyclic) bond motifs is 1. The van der Waals surface area contributed by atoms with Gasteiger partial charge in [-0.15, -0.1) is 0 Å². The molecule has 4 nitrogen and oxygen atoms in total. The summed E-state index contributed by atoms with van der Waals surface area (Å²) in [5, 5.41) is 3.51. The zero-order valence-electron chi connectivity index (χ0n) is 13.8. The molecular weight excluding hydrogens is 288 g/mol. The maximum absolute atomic E-state index is 12.9. The number of carbonyl (C=O) groups is 1. The number of anilines is 1. The smallest absolute Gasteiger partial charge is 0.257 e. The van der Waals surface area contributed by atoms with E-state index in [1.54, 1.807) is 7.11 Å². The molecule has 2 aromatic rings. The first kappa shape index (κ1) is 15.6. The quantitative estimate of drug-likeness (QED) is 0.939. The lowest BCUT2D eigenvalue weighted by Crippen LogP contribution is -2.44. The lowest BCUT2D eigenvalue weighted by atomic mass is 9.99. The molecule has 0 spiro atoms. The van der Waals surface area contributed by atoms with Crippen molar-refractivity contribution in [3.05, 3.63) is 64.7 Å². The minimum absolute atomic E-state index is 0.0429. The van der Waals surface area contributed by atoms with E-state index in [0.717, 1.165) is 11.3 Å². The van der Waals surface area contributed by atoms with E-state index in [0.29, 0.717) is 18.7 Å². The second-order valence-corrected chi connectivity index (χ2v) is 5.94. The van der Waals surface area contributed by atoms with Crippen LogP contribution in [0.15, 0.2) is 42.5 Å². The van der Waals surface area contributed by atoms with Gasteiger partial charge in [0.15, 0.2) is 0 Å². The van der Waals surface area contributed by atoms with Crippen LogP contribution in [0, 0.1) is 13.8 Å². The largest absolute Gasteiger partial charge is 0.383 e. The molecule has 0 unspecified atom stereocenters. The molecule has 120 valence electrons. The summed E-state index contributed by atoms with van der Waals surface area (Å²) in [6.07, 6.45) is -0.173. The van der Waals surface area contributed by atoms with Crippen molar-refractivity contribution in [1.82, 2.24) is 4.90 Å². The molecule has 2 aromatic carbocycles. The Balaban J connectivity index is 2.04. The van der Waals surface area contributed by atoms with Crippen LogP contribution in [0.4, 0.5) is 5.69 Å². The molecule has 0 radical (unpaired) electrons. The lowest BCUT2D eigenvalue weighted by molar-refractivity contribution is 0.0609. The number of benzene rings is 2. The zero-order chi connectivity index (χ0) is 16.4. The van der Waals surface area contributed by atoms with Gasteiger partial charge in [-0.2, -0.15) is 0 Å². The third kappa shape index (κ3) is 2.94. The van der Waals surface area contributed by atoms with Crippen LogP contribution < -0.4 is 5.32 Å². The molecule has 23 heavy (non-hydrogen) atoms. The number of methoxy groups -OCH3 is 1. The van der Waals surface area contributed by atoms with E-state index < -0.39 is 0 Å². The van der Waals surface area contributed by atoms with Crippen molar-refractivity contribution in [3.8, 4) is 0 Å². The molecule has 1 aliphatic rings. The first-order valence-corrected chi connectivity index (χ1v) is 7.84. The number of amides is 1. The van der Waals surface area contributed by atoms with Crippen LogP contribution in [0.5, 0.6) is 0 Å². The van der Waals surface area contributed by atoms with Gasteiger partial charge in [-0.25, -0.2) is 0 Å². The second-order valence-electron chi connectivity index (χ2n) is 5.94. The van der Waals surface area contributed by atoms with Crippen molar-refractivity contribution in [2.45, 2.75) is 20.0 Å². The molecule has 1 aliphatic heterocycles. The highest BCUT2D eigenvalue weighted by molar-refractivity contribution is 6.01.